The van der Waals surface area contributed by atoms with Crippen LogP contribution in [-0.4, -0.2) is 34.8 Å². The van der Waals surface area contributed by atoms with E-state index in [1.54, 1.807) is 4.90 Å². The first-order valence-corrected chi connectivity index (χ1v) is 13.0. The number of hydrogen-bond donors (Lipinski definition) is 0. The second-order valence-electron chi connectivity index (χ2n) is 9.52. The van der Waals surface area contributed by atoms with Gasteiger partial charge in [0.1, 0.15) is 16.7 Å². The number of carbonyl (C=O) groups excluding carboxylic acids is 2. The van der Waals surface area contributed by atoms with Crippen LogP contribution in [0.15, 0.2) is 53.4 Å². The van der Waals surface area contributed by atoms with E-state index in [9.17, 15) is 9.59 Å². The molecule has 0 atom stereocenters. The van der Waals surface area contributed by atoms with E-state index in [1.807, 2.05) is 30.3 Å². The molecule has 7 heteroatoms. The molecule has 0 N–H and O–H groups in total. The lowest BCUT2D eigenvalue weighted by molar-refractivity contribution is -0.140. The van der Waals surface area contributed by atoms with Gasteiger partial charge in [-0.25, -0.2) is 0 Å². The van der Waals surface area contributed by atoms with Gasteiger partial charge in [0.15, 0.2) is 0 Å². The molecule has 1 fully saturated rings. The fourth-order valence-electron chi connectivity index (χ4n) is 3.59. The summed E-state index contributed by atoms with van der Waals surface area (Å²) in [6.07, 6.45) is 4.65. The molecule has 0 aliphatic carbocycles. The highest BCUT2D eigenvalue weighted by Crippen LogP contribution is 2.33. The predicted molar refractivity (Wildman–Crippen MR) is 146 cm³/mol. The minimum atomic E-state index is -0.204. The summed E-state index contributed by atoms with van der Waals surface area (Å²) in [5.74, 6) is 0.512. The van der Waals surface area contributed by atoms with Gasteiger partial charge in [0.05, 0.1) is 12.0 Å². The van der Waals surface area contributed by atoms with Crippen molar-refractivity contribution in [2.45, 2.75) is 58.5 Å². The Hall–Kier alpha value is -2.64. The van der Waals surface area contributed by atoms with Crippen molar-refractivity contribution in [2.75, 3.05) is 13.7 Å². The van der Waals surface area contributed by atoms with Crippen LogP contribution in [0, 0.1) is 0 Å². The van der Waals surface area contributed by atoms with Gasteiger partial charge in [0.2, 0.25) is 0 Å². The maximum atomic E-state index is 12.8. The summed E-state index contributed by atoms with van der Waals surface area (Å²) in [4.78, 5) is 26.3. The van der Waals surface area contributed by atoms with Crippen LogP contribution in [0.2, 0.25) is 0 Å². The minimum Gasteiger partial charge on any atom is -0.489 e. The van der Waals surface area contributed by atoms with Gasteiger partial charge in [-0.2, -0.15) is 0 Å². The van der Waals surface area contributed by atoms with E-state index in [4.69, 9.17) is 17.0 Å². The van der Waals surface area contributed by atoms with Crippen LogP contribution in [-0.2, 0) is 26.3 Å². The van der Waals surface area contributed by atoms with Crippen LogP contribution < -0.4 is 4.74 Å². The molecule has 1 amide bonds. The predicted octanol–water partition coefficient (Wildman–Crippen LogP) is 6.50. The molecule has 5 nitrogen and oxygen atoms in total. The fraction of sp³-hybridized carbons (Fsp3) is 0.393. The van der Waals surface area contributed by atoms with Crippen LogP contribution in [0.5, 0.6) is 5.75 Å². The quantitative estimate of drug-likeness (QED) is 0.157. The van der Waals surface area contributed by atoms with Crippen LogP contribution in [0.1, 0.15) is 63.1 Å². The van der Waals surface area contributed by atoms with Gasteiger partial charge in [0, 0.05) is 13.0 Å². The maximum Gasteiger partial charge on any atom is 0.305 e. The smallest absolute Gasteiger partial charge is 0.305 e. The maximum absolute atomic E-state index is 12.8. The number of rotatable bonds is 10. The number of unbranched alkanes of at least 4 members (excludes halogenated alkanes) is 2. The first kappa shape index (κ1) is 27.0. The summed E-state index contributed by atoms with van der Waals surface area (Å²) >= 11 is 6.74. The third-order valence-electron chi connectivity index (χ3n) is 5.77. The number of ether oxygens (including phenoxy) is 2. The second-order valence-corrected chi connectivity index (χ2v) is 11.2. The SMILES string of the molecule is COC(=O)CCCCCN1C(=O)/C(=C\c2ccc(OCc3ccc(C(C)(C)C)cc3)cc2)SC1=S. The largest absolute Gasteiger partial charge is 0.489 e. The van der Waals surface area contributed by atoms with E-state index in [0.29, 0.717) is 28.8 Å². The molecule has 1 aliphatic heterocycles. The molecular formula is C28H33NO4S2. The molecule has 0 saturated carbocycles. The lowest BCUT2D eigenvalue weighted by Gasteiger charge is -2.19. The second kappa shape index (κ2) is 12.4. The Kier molecular flexibility index (Phi) is 9.52. The van der Waals surface area contributed by atoms with Crippen LogP contribution in [0.3, 0.4) is 0 Å². The van der Waals surface area contributed by atoms with Crippen molar-refractivity contribution >= 4 is 46.3 Å². The molecule has 0 bridgehead atoms. The Morgan fingerprint density at radius 2 is 1.71 bits per heavy atom. The topological polar surface area (TPSA) is 55.8 Å². The molecule has 0 radical (unpaired) electrons. The van der Waals surface area contributed by atoms with Gasteiger partial charge in [-0.05, 0) is 53.2 Å². The Bertz CT molecular complexity index is 1070. The lowest BCUT2D eigenvalue weighted by atomic mass is 9.87. The number of methoxy groups -OCH3 is 1. The van der Waals surface area contributed by atoms with Gasteiger partial charge in [-0.3, -0.25) is 14.5 Å². The van der Waals surface area contributed by atoms with Crippen LogP contribution in [0.25, 0.3) is 6.08 Å². The zero-order valence-electron chi connectivity index (χ0n) is 20.8. The number of hydrogen-bond acceptors (Lipinski definition) is 6. The van der Waals surface area contributed by atoms with E-state index in [0.717, 1.165) is 36.1 Å². The van der Waals surface area contributed by atoms with Gasteiger partial charge >= 0.3 is 5.97 Å². The van der Waals surface area contributed by atoms with Crippen LogP contribution in [0.4, 0.5) is 0 Å². The Balaban J connectivity index is 1.50. The highest BCUT2D eigenvalue weighted by Gasteiger charge is 2.31. The van der Waals surface area contributed by atoms with Crippen molar-refractivity contribution in [1.29, 1.82) is 0 Å². The molecule has 3 rings (SSSR count). The number of thiocarbonyl (C=S) groups is 1. The lowest BCUT2D eigenvalue weighted by Crippen LogP contribution is -2.29. The number of esters is 1. The first-order chi connectivity index (χ1) is 16.7. The van der Waals surface area contributed by atoms with Gasteiger partial charge in [-0.1, -0.05) is 87.6 Å². The number of nitrogens with zero attached hydrogens (tertiary/aromatic N) is 1. The average molecular weight is 512 g/mol. The molecule has 186 valence electrons. The van der Waals surface area contributed by atoms with Gasteiger partial charge < -0.3 is 9.47 Å². The molecule has 35 heavy (non-hydrogen) atoms. The summed E-state index contributed by atoms with van der Waals surface area (Å²) < 4.78 is 11.2. The van der Waals surface area contributed by atoms with E-state index < -0.39 is 0 Å². The van der Waals surface area contributed by atoms with E-state index in [2.05, 4.69) is 49.8 Å². The Morgan fingerprint density at radius 1 is 1.03 bits per heavy atom. The zero-order valence-corrected chi connectivity index (χ0v) is 22.5. The van der Waals surface area contributed by atoms with E-state index in [1.165, 1.54) is 24.4 Å². The Labute approximate surface area is 217 Å². The monoisotopic (exact) mass is 511 g/mol. The standard InChI is InChI=1S/C28H33NO4S2/c1-28(2,3)22-13-9-21(10-14-22)19-33-23-15-11-20(12-16-23)18-24-26(31)29(27(34)35-24)17-7-5-6-8-25(30)32-4/h9-16,18H,5-8,17,19H2,1-4H3/b24-18+. The number of carbonyl (C=O) groups is 2. The van der Waals surface area contributed by atoms with Gasteiger partial charge in [-0.15, -0.1) is 0 Å². The normalized spacial score (nSPS) is 15.1. The molecule has 1 saturated heterocycles. The van der Waals surface area contributed by atoms with Crippen molar-refractivity contribution in [2.24, 2.45) is 0 Å². The third kappa shape index (κ3) is 7.94. The Morgan fingerprint density at radius 3 is 2.34 bits per heavy atom. The first-order valence-electron chi connectivity index (χ1n) is 11.8. The molecule has 2 aromatic rings. The molecule has 2 aromatic carbocycles. The summed E-state index contributed by atoms with van der Waals surface area (Å²) in [6.45, 7) is 7.67. The number of amides is 1. The number of thioether (sulfide) groups is 1. The molecule has 1 heterocycles. The zero-order chi connectivity index (χ0) is 25.4. The molecule has 0 spiro atoms. The van der Waals surface area contributed by atoms with Crippen molar-refractivity contribution in [1.82, 2.24) is 4.90 Å². The average Bonchev–Trinajstić information content (AvgIpc) is 3.10. The molecule has 0 unspecified atom stereocenters. The highest BCUT2D eigenvalue weighted by molar-refractivity contribution is 8.26. The van der Waals surface area contributed by atoms with Crippen LogP contribution >= 0.6 is 24.0 Å². The summed E-state index contributed by atoms with van der Waals surface area (Å²) in [7, 11) is 1.39. The molecule has 1 aliphatic rings. The van der Waals surface area contributed by atoms with Crippen molar-refractivity contribution in [3.63, 3.8) is 0 Å². The molecular weight excluding hydrogens is 478 g/mol. The third-order valence-corrected chi connectivity index (χ3v) is 7.14. The molecule has 0 aromatic heterocycles. The minimum absolute atomic E-state index is 0.0630. The van der Waals surface area contributed by atoms with E-state index >= 15 is 0 Å². The van der Waals surface area contributed by atoms with Crippen molar-refractivity contribution < 1.29 is 19.1 Å². The number of benzene rings is 2. The highest BCUT2D eigenvalue weighted by atomic mass is 32.2. The summed E-state index contributed by atoms with van der Waals surface area (Å²) in [5, 5.41) is 0. The van der Waals surface area contributed by atoms with Crippen molar-refractivity contribution in [3.05, 3.63) is 70.1 Å². The van der Waals surface area contributed by atoms with E-state index in [-0.39, 0.29) is 17.3 Å². The summed E-state index contributed by atoms with van der Waals surface area (Å²) in [5.41, 5.74) is 3.48. The fourth-order valence-corrected chi connectivity index (χ4v) is 4.90. The summed E-state index contributed by atoms with van der Waals surface area (Å²) in [6, 6.07) is 16.2. The van der Waals surface area contributed by atoms with Crippen molar-refractivity contribution in [3.8, 4) is 5.75 Å². The van der Waals surface area contributed by atoms with Gasteiger partial charge in [0.25, 0.3) is 5.91 Å².